The van der Waals surface area contributed by atoms with Crippen LogP contribution < -0.4 is 10.1 Å². The average Bonchev–Trinajstić information content (AvgIpc) is 2.95. The van der Waals surface area contributed by atoms with Crippen molar-refractivity contribution in [1.29, 1.82) is 0 Å². The van der Waals surface area contributed by atoms with Crippen LogP contribution in [0.2, 0.25) is 0 Å². The van der Waals surface area contributed by atoms with Gasteiger partial charge in [-0.15, -0.1) is 0 Å². The van der Waals surface area contributed by atoms with E-state index in [0.717, 1.165) is 0 Å². The summed E-state index contributed by atoms with van der Waals surface area (Å²) in [6, 6.07) is 6.87. The molecule has 0 unspecified atom stereocenters. The van der Waals surface area contributed by atoms with Gasteiger partial charge in [0.1, 0.15) is 11.4 Å². The zero-order valence-corrected chi connectivity index (χ0v) is 16.0. The summed E-state index contributed by atoms with van der Waals surface area (Å²) in [5.41, 5.74) is 2.22. The van der Waals surface area contributed by atoms with Crippen molar-refractivity contribution in [3.8, 4) is 5.75 Å². The van der Waals surface area contributed by atoms with Crippen molar-refractivity contribution in [2.24, 2.45) is 0 Å². The molecule has 0 aliphatic carbocycles. The second kappa shape index (κ2) is 8.39. The number of esters is 1. The number of aromatic amines is 1. The van der Waals surface area contributed by atoms with Crippen molar-refractivity contribution in [2.75, 3.05) is 33.1 Å². The summed E-state index contributed by atoms with van der Waals surface area (Å²) < 4.78 is 9.81. The maximum atomic E-state index is 12.7. The van der Waals surface area contributed by atoms with E-state index in [2.05, 4.69) is 10.3 Å². The van der Waals surface area contributed by atoms with Gasteiger partial charge in [0.05, 0.1) is 26.3 Å². The number of amides is 2. The minimum atomic E-state index is -0.514. The summed E-state index contributed by atoms with van der Waals surface area (Å²) >= 11 is 0. The van der Waals surface area contributed by atoms with Gasteiger partial charge in [0, 0.05) is 18.4 Å². The quantitative estimate of drug-likeness (QED) is 0.756. The molecule has 2 N–H and O–H groups in total. The van der Waals surface area contributed by atoms with Crippen LogP contribution in [0.1, 0.15) is 32.1 Å². The van der Waals surface area contributed by atoms with Gasteiger partial charge in [0.15, 0.2) is 0 Å². The standard InChI is InChI=1S/C19H23N3O5/c1-11-16(19(25)27-5)12(2)20-17(11)18(24)22(3)10-15(23)21-13-6-8-14(26-4)9-7-13/h6-9,20H,10H2,1-5H3,(H,21,23). The Morgan fingerprint density at radius 2 is 1.74 bits per heavy atom. The van der Waals surface area contributed by atoms with E-state index < -0.39 is 11.9 Å². The minimum Gasteiger partial charge on any atom is -0.497 e. The number of ether oxygens (including phenoxy) is 2. The zero-order valence-electron chi connectivity index (χ0n) is 16.0. The van der Waals surface area contributed by atoms with Crippen molar-refractivity contribution in [3.05, 3.63) is 46.8 Å². The van der Waals surface area contributed by atoms with Crippen LogP contribution in [-0.4, -0.2) is 55.5 Å². The van der Waals surface area contributed by atoms with Gasteiger partial charge in [0.25, 0.3) is 5.91 Å². The molecule has 0 fully saturated rings. The van der Waals surface area contributed by atoms with Gasteiger partial charge in [-0.1, -0.05) is 0 Å². The number of hydrogen-bond acceptors (Lipinski definition) is 5. The topological polar surface area (TPSA) is 101 Å². The maximum absolute atomic E-state index is 12.7. The monoisotopic (exact) mass is 373 g/mol. The number of nitrogens with zero attached hydrogens (tertiary/aromatic N) is 1. The molecule has 0 radical (unpaired) electrons. The molecule has 27 heavy (non-hydrogen) atoms. The van der Waals surface area contributed by atoms with Crippen molar-refractivity contribution < 1.29 is 23.9 Å². The summed E-state index contributed by atoms with van der Waals surface area (Å²) in [7, 11) is 4.36. The van der Waals surface area contributed by atoms with Crippen LogP contribution in [0, 0.1) is 13.8 Å². The molecule has 1 aromatic carbocycles. The predicted octanol–water partition coefficient (Wildman–Crippen LogP) is 2.14. The van der Waals surface area contributed by atoms with Crippen molar-refractivity contribution in [3.63, 3.8) is 0 Å². The smallest absolute Gasteiger partial charge is 0.339 e. The third-order valence-electron chi connectivity index (χ3n) is 4.14. The third-order valence-corrected chi connectivity index (χ3v) is 4.14. The van der Waals surface area contributed by atoms with Crippen LogP contribution in [-0.2, 0) is 9.53 Å². The van der Waals surface area contributed by atoms with E-state index in [-0.39, 0.29) is 18.1 Å². The highest BCUT2D eigenvalue weighted by atomic mass is 16.5. The summed E-state index contributed by atoms with van der Waals surface area (Å²) in [6.45, 7) is 3.20. The molecule has 0 saturated heterocycles. The first-order chi connectivity index (χ1) is 12.8. The Morgan fingerprint density at radius 3 is 2.30 bits per heavy atom. The molecule has 0 spiro atoms. The lowest BCUT2D eigenvalue weighted by Gasteiger charge is -2.17. The van der Waals surface area contributed by atoms with Crippen LogP contribution in [0.5, 0.6) is 5.75 Å². The number of likely N-dealkylation sites (N-methyl/N-ethyl adjacent to an activating group) is 1. The molecule has 8 nitrogen and oxygen atoms in total. The Hall–Kier alpha value is -3.29. The van der Waals surface area contributed by atoms with Crippen molar-refractivity contribution in [2.45, 2.75) is 13.8 Å². The number of hydrogen-bond donors (Lipinski definition) is 2. The zero-order chi connectivity index (χ0) is 20.1. The lowest BCUT2D eigenvalue weighted by molar-refractivity contribution is -0.116. The minimum absolute atomic E-state index is 0.143. The second-order valence-electron chi connectivity index (χ2n) is 6.05. The number of nitrogens with one attached hydrogen (secondary N) is 2. The molecule has 2 amide bonds. The third kappa shape index (κ3) is 4.46. The lowest BCUT2D eigenvalue weighted by Crippen LogP contribution is -2.35. The van der Waals surface area contributed by atoms with E-state index in [0.29, 0.717) is 28.3 Å². The number of aromatic nitrogens is 1. The first-order valence-electron chi connectivity index (χ1n) is 8.25. The van der Waals surface area contributed by atoms with E-state index in [1.54, 1.807) is 45.2 Å². The average molecular weight is 373 g/mol. The van der Waals surface area contributed by atoms with Gasteiger partial charge in [-0.3, -0.25) is 9.59 Å². The molecular weight excluding hydrogens is 350 g/mol. The fourth-order valence-corrected chi connectivity index (χ4v) is 2.73. The van der Waals surface area contributed by atoms with Crippen LogP contribution in [0.25, 0.3) is 0 Å². The van der Waals surface area contributed by atoms with E-state index in [9.17, 15) is 14.4 Å². The summed E-state index contributed by atoms with van der Waals surface area (Å²) in [5, 5.41) is 2.72. The molecule has 144 valence electrons. The Bertz CT molecular complexity index is 855. The van der Waals surface area contributed by atoms with Gasteiger partial charge >= 0.3 is 5.97 Å². The molecule has 1 heterocycles. The second-order valence-corrected chi connectivity index (χ2v) is 6.05. The molecule has 0 atom stereocenters. The molecule has 0 saturated carbocycles. The number of methoxy groups -OCH3 is 2. The summed E-state index contributed by atoms with van der Waals surface area (Å²) in [6.07, 6.45) is 0. The van der Waals surface area contributed by atoms with Gasteiger partial charge in [-0.05, 0) is 43.7 Å². The molecule has 2 aromatic rings. The highest BCUT2D eigenvalue weighted by Crippen LogP contribution is 2.20. The molecular formula is C19H23N3O5. The maximum Gasteiger partial charge on any atom is 0.339 e. The van der Waals surface area contributed by atoms with E-state index >= 15 is 0 Å². The van der Waals surface area contributed by atoms with Crippen LogP contribution in [0.3, 0.4) is 0 Å². The van der Waals surface area contributed by atoms with Gasteiger partial charge in [-0.2, -0.15) is 0 Å². The summed E-state index contributed by atoms with van der Waals surface area (Å²) in [4.78, 5) is 40.9. The molecule has 1 aromatic heterocycles. The Labute approximate surface area is 157 Å². The normalized spacial score (nSPS) is 10.3. The highest BCUT2D eigenvalue weighted by Gasteiger charge is 2.25. The largest absolute Gasteiger partial charge is 0.497 e. The van der Waals surface area contributed by atoms with E-state index in [1.165, 1.54) is 19.1 Å². The lowest BCUT2D eigenvalue weighted by atomic mass is 10.1. The molecule has 0 bridgehead atoms. The van der Waals surface area contributed by atoms with Crippen LogP contribution in [0.4, 0.5) is 5.69 Å². The fourth-order valence-electron chi connectivity index (χ4n) is 2.73. The first kappa shape index (κ1) is 20.0. The van der Waals surface area contributed by atoms with E-state index in [4.69, 9.17) is 9.47 Å². The number of carbonyl (C=O) groups excluding carboxylic acids is 3. The number of carbonyl (C=O) groups is 3. The van der Waals surface area contributed by atoms with Crippen LogP contribution >= 0.6 is 0 Å². The number of aryl methyl sites for hydroxylation is 1. The fraction of sp³-hybridized carbons (Fsp3) is 0.316. The van der Waals surface area contributed by atoms with E-state index in [1.807, 2.05) is 0 Å². The van der Waals surface area contributed by atoms with Crippen molar-refractivity contribution in [1.82, 2.24) is 9.88 Å². The molecule has 8 heteroatoms. The van der Waals surface area contributed by atoms with Crippen LogP contribution in [0.15, 0.2) is 24.3 Å². The molecule has 0 aliphatic heterocycles. The number of anilines is 1. The predicted molar refractivity (Wildman–Crippen MR) is 100 cm³/mol. The first-order valence-corrected chi connectivity index (χ1v) is 8.25. The van der Waals surface area contributed by atoms with Gasteiger partial charge in [0.2, 0.25) is 5.91 Å². The van der Waals surface area contributed by atoms with Gasteiger partial charge < -0.3 is 24.7 Å². The Morgan fingerprint density at radius 1 is 1.11 bits per heavy atom. The highest BCUT2D eigenvalue weighted by molar-refractivity contribution is 6.02. The molecule has 0 aliphatic rings. The van der Waals surface area contributed by atoms with Crippen molar-refractivity contribution >= 4 is 23.5 Å². The number of H-pyrrole nitrogens is 1. The Kier molecular flexibility index (Phi) is 6.23. The molecule has 2 rings (SSSR count). The number of rotatable bonds is 6. The Balaban J connectivity index is 2.06. The number of benzene rings is 1. The SMILES string of the molecule is COC(=O)c1c(C)[nH]c(C(=O)N(C)CC(=O)Nc2ccc(OC)cc2)c1C. The summed E-state index contributed by atoms with van der Waals surface area (Å²) in [5.74, 6) is -0.569. The van der Waals surface area contributed by atoms with Gasteiger partial charge in [-0.25, -0.2) is 4.79 Å².